The molecule has 4 N–H and O–H groups in total. The van der Waals surface area contributed by atoms with E-state index < -0.39 is 33.1 Å². The van der Waals surface area contributed by atoms with Gasteiger partial charge < -0.3 is 29.2 Å². The average Bonchev–Trinajstić information content (AvgIpc) is 2.80. The number of hydrogen-bond acceptors (Lipinski definition) is 6. The molecule has 1 aromatic heterocycles. The van der Waals surface area contributed by atoms with Gasteiger partial charge in [-0.25, -0.2) is 4.79 Å². The standard InChI is InChI=1S/C23H36ClN3O8P2/c1-4-26(5-2)14-6-8-17(3)27(21-12-13-25-20-16-18(24)10-11-19(20)21)23(28)35-15-7-9-22(36(29,30)31)37(32,33)34/h10-13,16-17,22H,4-9,14-15H2,1-3H3,(H2,29,30,31)(H2,32,33,34). The van der Waals surface area contributed by atoms with Crippen LogP contribution in [0.5, 0.6) is 0 Å². The third-order valence-corrected chi connectivity index (χ3v) is 10.3. The molecule has 14 heteroatoms. The third kappa shape index (κ3) is 9.30. The van der Waals surface area contributed by atoms with Gasteiger partial charge in [-0.15, -0.1) is 0 Å². The summed E-state index contributed by atoms with van der Waals surface area (Å²) in [6.45, 7) is 8.55. The van der Waals surface area contributed by atoms with Crippen LogP contribution >= 0.6 is 26.8 Å². The number of rotatable bonds is 14. The molecule has 0 saturated heterocycles. The molecule has 0 saturated carbocycles. The van der Waals surface area contributed by atoms with Gasteiger partial charge in [0.2, 0.25) is 0 Å². The van der Waals surface area contributed by atoms with E-state index in [0.29, 0.717) is 28.0 Å². The molecule has 1 aromatic carbocycles. The summed E-state index contributed by atoms with van der Waals surface area (Å²) < 4.78 is 28.4. The molecular weight excluding hydrogens is 544 g/mol. The van der Waals surface area contributed by atoms with Crippen molar-refractivity contribution in [1.82, 2.24) is 9.88 Å². The maximum absolute atomic E-state index is 13.3. The van der Waals surface area contributed by atoms with E-state index in [1.54, 1.807) is 30.5 Å². The lowest BCUT2D eigenvalue weighted by molar-refractivity contribution is 0.149. The predicted octanol–water partition coefficient (Wildman–Crippen LogP) is 4.80. The number of benzene rings is 1. The van der Waals surface area contributed by atoms with Gasteiger partial charge in [-0.2, -0.15) is 0 Å². The highest BCUT2D eigenvalue weighted by molar-refractivity contribution is 7.70. The normalized spacial score (nSPS) is 13.4. The van der Waals surface area contributed by atoms with E-state index in [1.807, 2.05) is 6.92 Å². The molecule has 1 heterocycles. The minimum atomic E-state index is -5.04. The van der Waals surface area contributed by atoms with Crippen LogP contribution in [0.3, 0.4) is 0 Å². The summed E-state index contributed by atoms with van der Waals surface area (Å²) in [4.78, 5) is 58.6. The fraction of sp³-hybridized carbons (Fsp3) is 0.565. The Kier molecular flexibility index (Phi) is 12.0. The van der Waals surface area contributed by atoms with E-state index in [-0.39, 0.29) is 19.1 Å². The largest absolute Gasteiger partial charge is 0.449 e. The second-order valence-corrected chi connectivity index (χ2v) is 13.2. The van der Waals surface area contributed by atoms with Crippen molar-refractivity contribution in [2.45, 2.75) is 57.9 Å². The van der Waals surface area contributed by atoms with Crippen molar-refractivity contribution in [3.05, 3.63) is 35.5 Å². The van der Waals surface area contributed by atoms with Gasteiger partial charge >= 0.3 is 21.3 Å². The predicted molar refractivity (Wildman–Crippen MR) is 144 cm³/mol. The maximum Gasteiger partial charge on any atom is 0.414 e. The smallest absolute Gasteiger partial charge is 0.414 e. The molecule has 0 spiro atoms. The minimum Gasteiger partial charge on any atom is -0.449 e. The van der Waals surface area contributed by atoms with Crippen LogP contribution in [0.2, 0.25) is 5.02 Å². The van der Waals surface area contributed by atoms with Gasteiger partial charge in [-0.05, 0) is 76.5 Å². The lowest BCUT2D eigenvalue weighted by Gasteiger charge is -2.30. The first-order chi connectivity index (χ1) is 17.3. The maximum atomic E-state index is 13.3. The van der Waals surface area contributed by atoms with E-state index in [0.717, 1.165) is 26.1 Å². The Morgan fingerprint density at radius 2 is 1.70 bits per heavy atom. The van der Waals surface area contributed by atoms with Gasteiger partial charge in [0.05, 0.1) is 17.8 Å². The summed E-state index contributed by atoms with van der Waals surface area (Å²) in [6, 6.07) is 6.61. The SMILES string of the molecule is CCN(CC)CCCC(C)N(C(=O)OCCCC(P(=O)(O)O)P(=O)(O)O)c1ccnc2cc(Cl)ccc12. The van der Waals surface area contributed by atoms with Crippen LogP contribution in [0.4, 0.5) is 10.5 Å². The number of anilines is 1. The van der Waals surface area contributed by atoms with Crippen molar-refractivity contribution in [2.75, 3.05) is 31.1 Å². The van der Waals surface area contributed by atoms with Gasteiger partial charge in [0.25, 0.3) is 0 Å². The molecule has 0 aliphatic carbocycles. The number of carbonyl (C=O) groups excluding carboxylic acids is 1. The highest BCUT2D eigenvalue weighted by Crippen LogP contribution is 2.61. The van der Waals surface area contributed by atoms with Crippen molar-refractivity contribution >= 4 is 49.5 Å². The zero-order chi connectivity index (χ0) is 27.8. The monoisotopic (exact) mass is 579 g/mol. The van der Waals surface area contributed by atoms with Crippen molar-refractivity contribution in [2.24, 2.45) is 0 Å². The number of pyridine rings is 1. The number of aromatic nitrogens is 1. The fourth-order valence-electron chi connectivity index (χ4n) is 4.14. The summed E-state index contributed by atoms with van der Waals surface area (Å²) in [5.41, 5.74) is 1.18. The van der Waals surface area contributed by atoms with Crippen LogP contribution < -0.4 is 4.90 Å². The van der Waals surface area contributed by atoms with E-state index in [1.165, 1.54) is 4.90 Å². The molecule has 1 amide bonds. The molecule has 1 atom stereocenters. The van der Waals surface area contributed by atoms with E-state index in [4.69, 9.17) is 16.3 Å². The molecule has 0 bridgehead atoms. The summed E-state index contributed by atoms with van der Waals surface area (Å²) in [6.07, 6.45) is 1.78. The number of hydrogen-bond donors (Lipinski definition) is 4. The average molecular weight is 580 g/mol. The van der Waals surface area contributed by atoms with Crippen LogP contribution in [-0.2, 0) is 13.9 Å². The van der Waals surface area contributed by atoms with Crippen LogP contribution in [0.15, 0.2) is 30.5 Å². The van der Waals surface area contributed by atoms with Crippen molar-refractivity contribution in [3.63, 3.8) is 0 Å². The van der Waals surface area contributed by atoms with E-state index in [9.17, 15) is 33.5 Å². The highest BCUT2D eigenvalue weighted by atomic mass is 35.5. The Morgan fingerprint density at radius 1 is 1.05 bits per heavy atom. The number of amides is 1. The van der Waals surface area contributed by atoms with Crippen molar-refractivity contribution in [3.8, 4) is 0 Å². The van der Waals surface area contributed by atoms with Crippen LogP contribution in [0.25, 0.3) is 10.9 Å². The fourth-order valence-corrected chi connectivity index (χ4v) is 6.91. The number of nitrogens with zero attached hydrogens (tertiary/aromatic N) is 3. The zero-order valence-electron chi connectivity index (χ0n) is 21.2. The van der Waals surface area contributed by atoms with Gasteiger partial charge in [0.1, 0.15) is 0 Å². The second-order valence-electron chi connectivity index (χ2n) is 8.80. The molecule has 0 aliphatic heterocycles. The second kappa shape index (κ2) is 14.0. The summed E-state index contributed by atoms with van der Waals surface area (Å²) in [5.74, 6) is 0. The first kappa shape index (κ1) is 31.7. The molecule has 0 fully saturated rings. The molecule has 208 valence electrons. The highest BCUT2D eigenvalue weighted by Gasteiger charge is 2.42. The zero-order valence-corrected chi connectivity index (χ0v) is 23.8. The quantitative estimate of drug-likeness (QED) is 0.181. The lowest BCUT2D eigenvalue weighted by Crippen LogP contribution is -2.40. The Hall–Kier alpha value is -1.55. The Bertz CT molecular complexity index is 1120. The minimum absolute atomic E-state index is 0.135. The number of ether oxygens (including phenoxy) is 1. The molecule has 1 unspecified atom stereocenters. The topological polar surface area (TPSA) is 161 Å². The Morgan fingerprint density at radius 3 is 2.30 bits per heavy atom. The molecule has 11 nitrogen and oxygen atoms in total. The van der Waals surface area contributed by atoms with Gasteiger partial charge in [0, 0.05) is 22.6 Å². The van der Waals surface area contributed by atoms with Crippen LogP contribution in [0.1, 0.15) is 46.5 Å². The molecule has 37 heavy (non-hydrogen) atoms. The molecule has 0 radical (unpaired) electrons. The lowest BCUT2D eigenvalue weighted by atomic mass is 10.1. The molecule has 2 aromatic rings. The van der Waals surface area contributed by atoms with Gasteiger partial charge in [-0.1, -0.05) is 25.4 Å². The third-order valence-electron chi connectivity index (χ3n) is 6.18. The molecule has 2 rings (SSSR count). The summed E-state index contributed by atoms with van der Waals surface area (Å²) in [5, 5.41) is -0.937. The van der Waals surface area contributed by atoms with E-state index >= 15 is 0 Å². The number of fused-ring (bicyclic) bond motifs is 1. The molecule has 0 aliphatic rings. The molecular formula is C23H36ClN3O8P2. The Balaban J connectivity index is 2.22. The van der Waals surface area contributed by atoms with Gasteiger partial charge in [-0.3, -0.25) is 19.0 Å². The van der Waals surface area contributed by atoms with Crippen molar-refractivity contribution < 1.29 is 38.2 Å². The van der Waals surface area contributed by atoms with E-state index in [2.05, 4.69) is 23.7 Å². The number of carbonyl (C=O) groups is 1. The summed E-state index contributed by atoms with van der Waals surface area (Å²) in [7, 11) is -10.1. The first-order valence-corrected chi connectivity index (χ1v) is 15.9. The Labute approximate surface area is 222 Å². The van der Waals surface area contributed by atoms with Crippen molar-refractivity contribution in [1.29, 1.82) is 0 Å². The van der Waals surface area contributed by atoms with Gasteiger partial charge in [0.15, 0.2) is 5.40 Å². The number of halogens is 1. The first-order valence-electron chi connectivity index (χ1n) is 12.1. The van der Waals surface area contributed by atoms with Crippen LogP contribution in [-0.4, -0.2) is 73.2 Å². The van der Waals surface area contributed by atoms with Crippen LogP contribution in [0, 0.1) is 0 Å². The summed E-state index contributed by atoms with van der Waals surface area (Å²) >= 11 is 6.11.